The van der Waals surface area contributed by atoms with Gasteiger partial charge in [-0.1, -0.05) is 24.3 Å². The number of aryl methyl sites for hydroxylation is 2. The van der Waals surface area contributed by atoms with Gasteiger partial charge in [0, 0.05) is 31.5 Å². The molecule has 3 aromatic rings. The Bertz CT molecular complexity index is 1040. The minimum atomic E-state index is -0.264. The van der Waals surface area contributed by atoms with E-state index < -0.39 is 0 Å². The fraction of sp³-hybridized carbons (Fsp3) is 0.333. The van der Waals surface area contributed by atoms with E-state index in [9.17, 15) is 4.39 Å². The molecule has 2 aromatic carbocycles. The standard InChI is InChI=1S/C24H30FN5O/c1-5-26-24(27-14-19-10-11-22(25)21(13-19)16-31-4)28-15-20-8-6-7-9-23(20)30-18(3)12-17(2)29-30/h6-13H,5,14-16H2,1-4H3,(H2,26,27,28). The van der Waals surface area contributed by atoms with Gasteiger partial charge in [0.05, 0.1) is 24.5 Å². The normalized spacial score (nSPS) is 11.6. The number of para-hydroxylation sites is 1. The Morgan fingerprint density at radius 2 is 1.90 bits per heavy atom. The van der Waals surface area contributed by atoms with Crippen molar-refractivity contribution in [1.29, 1.82) is 0 Å². The number of hydrogen-bond donors (Lipinski definition) is 2. The van der Waals surface area contributed by atoms with Crippen LogP contribution in [0.25, 0.3) is 5.69 Å². The highest BCUT2D eigenvalue weighted by Crippen LogP contribution is 2.17. The molecule has 0 bridgehead atoms. The van der Waals surface area contributed by atoms with Crippen molar-refractivity contribution in [2.45, 2.75) is 40.5 Å². The molecule has 2 N–H and O–H groups in total. The van der Waals surface area contributed by atoms with Crippen molar-refractivity contribution in [3.05, 3.63) is 82.4 Å². The van der Waals surface area contributed by atoms with Gasteiger partial charge >= 0.3 is 0 Å². The van der Waals surface area contributed by atoms with Crippen LogP contribution in [0.4, 0.5) is 4.39 Å². The van der Waals surface area contributed by atoms with E-state index in [4.69, 9.17) is 4.74 Å². The maximum Gasteiger partial charge on any atom is 0.191 e. The molecule has 0 atom stereocenters. The maximum absolute atomic E-state index is 13.8. The van der Waals surface area contributed by atoms with Crippen LogP contribution in [-0.2, 0) is 24.4 Å². The summed E-state index contributed by atoms with van der Waals surface area (Å²) in [4.78, 5) is 4.66. The molecule has 0 fully saturated rings. The number of methoxy groups -OCH3 is 1. The largest absolute Gasteiger partial charge is 0.380 e. The first-order valence-electron chi connectivity index (χ1n) is 10.4. The van der Waals surface area contributed by atoms with Gasteiger partial charge in [0.25, 0.3) is 0 Å². The lowest BCUT2D eigenvalue weighted by Crippen LogP contribution is -2.37. The quantitative estimate of drug-likeness (QED) is 0.424. The van der Waals surface area contributed by atoms with Crippen LogP contribution in [0, 0.1) is 19.7 Å². The first kappa shape index (κ1) is 22.5. The molecule has 164 valence electrons. The second-order valence-electron chi connectivity index (χ2n) is 7.38. The number of aliphatic imine (C=N–C) groups is 1. The molecule has 0 aliphatic heterocycles. The second-order valence-corrected chi connectivity index (χ2v) is 7.38. The fourth-order valence-corrected chi connectivity index (χ4v) is 3.42. The van der Waals surface area contributed by atoms with Crippen LogP contribution in [-0.4, -0.2) is 29.4 Å². The Morgan fingerprint density at radius 3 is 2.61 bits per heavy atom. The molecule has 0 radical (unpaired) electrons. The highest BCUT2D eigenvalue weighted by atomic mass is 19.1. The first-order chi connectivity index (χ1) is 15.0. The third-order valence-electron chi connectivity index (χ3n) is 4.85. The Balaban J connectivity index is 1.75. The van der Waals surface area contributed by atoms with E-state index in [-0.39, 0.29) is 12.4 Å². The van der Waals surface area contributed by atoms with E-state index in [2.05, 4.69) is 45.8 Å². The summed E-state index contributed by atoms with van der Waals surface area (Å²) in [5, 5.41) is 11.3. The van der Waals surface area contributed by atoms with Crippen molar-refractivity contribution in [3.8, 4) is 5.69 Å². The molecule has 0 amide bonds. The SMILES string of the molecule is CCNC(=NCc1ccc(F)c(COC)c1)NCc1ccccc1-n1nc(C)cc1C. The van der Waals surface area contributed by atoms with Crippen molar-refractivity contribution in [2.75, 3.05) is 13.7 Å². The average molecular weight is 424 g/mol. The third kappa shape index (κ3) is 5.92. The molecule has 6 nitrogen and oxygen atoms in total. The average Bonchev–Trinajstić information content (AvgIpc) is 3.10. The zero-order valence-electron chi connectivity index (χ0n) is 18.6. The number of hydrogen-bond acceptors (Lipinski definition) is 3. The minimum Gasteiger partial charge on any atom is -0.380 e. The number of halogens is 1. The van der Waals surface area contributed by atoms with Crippen LogP contribution >= 0.6 is 0 Å². The van der Waals surface area contributed by atoms with E-state index in [1.807, 2.05) is 30.7 Å². The van der Waals surface area contributed by atoms with Gasteiger partial charge in [-0.15, -0.1) is 0 Å². The minimum absolute atomic E-state index is 0.241. The highest BCUT2D eigenvalue weighted by Gasteiger charge is 2.09. The van der Waals surface area contributed by atoms with Gasteiger partial charge in [-0.3, -0.25) is 0 Å². The van der Waals surface area contributed by atoms with Gasteiger partial charge < -0.3 is 15.4 Å². The number of nitrogens with one attached hydrogen (secondary N) is 2. The summed E-state index contributed by atoms with van der Waals surface area (Å²) in [6.45, 7) is 8.08. The van der Waals surface area contributed by atoms with Gasteiger partial charge in [0.1, 0.15) is 5.82 Å². The van der Waals surface area contributed by atoms with Crippen molar-refractivity contribution in [2.24, 2.45) is 4.99 Å². The van der Waals surface area contributed by atoms with Gasteiger partial charge in [-0.25, -0.2) is 14.1 Å². The topological polar surface area (TPSA) is 63.5 Å². The number of aromatic nitrogens is 2. The number of ether oxygens (including phenoxy) is 1. The van der Waals surface area contributed by atoms with E-state index >= 15 is 0 Å². The molecule has 1 heterocycles. The third-order valence-corrected chi connectivity index (χ3v) is 4.85. The zero-order chi connectivity index (χ0) is 22.2. The number of rotatable bonds is 8. The summed E-state index contributed by atoms with van der Waals surface area (Å²) in [5.41, 5.74) is 5.69. The maximum atomic E-state index is 13.8. The molecule has 0 unspecified atom stereocenters. The Kier molecular flexibility index (Phi) is 7.78. The Morgan fingerprint density at radius 1 is 1.10 bits per heavy atom. The molecular weight excluding hydrogens is 393 g/mol. The second kappa shape index (κ2) is 10.7. The van der Waals surface area contributed by atoms with E-state index in [1.165, 1.54) is 6.07 Å². The number of benzene rings is 2. The number of guanidine groups is 1. The summed E-state index contributed by atoms with van der Waals surface area (Å²) < 4.78 is 20.9. The number of nitrogens with zero attached hydrogens (tertiary/aromatic N) is 3. The molecule has 1 aromatic heterocycles. The summed E-state index contributed by atoms with van der Waals surface area (Å²) in [7, 11) is 1.56. The summed E-state index contributed by atoms with van der Waals surface area (Å²) in [6.07, 6.45) is 0. The van der Waals surface area contributed by atoms with Gasteiger partial charge in [-0.2, -0.15) is 5.10 Å². The van der Waals surface area contributed by atoms with Crippen LogP contribution in [0.3, 0.4) is 0 Å². The van der Waals surface area contributed by atoms with Crippen molar-refractivity contribution >= 4 is 5.96 Å². The molecular formula is C24H30FN5O. The predicted molar refractivity (Wildman–Crippen MR) is 122 cm³/mol. The van der Waals surface area contributed by atoms with Crippen LogP contribution in [0.15, 0.2) is 53.5 Å². The Labute approximate surface area is 183 Å². The van der Waals surface area contributed by atoms with Crippen molar-refractivity contribution in [3.63, 3.8) is 0 Å². The molecule has 0 aliphatic rings. The molecule has 0 aliphatic carbocycles. The van der Waals surface area contributed by atoms with Crippen LogP contribution < -0.4 is 10.6 Å². The fourth-order valence-electron chi connectivity index (χ4n) is 3.42. The molecule has 0 spiro atoms. The molecule has 7 heteroatoms. The van der Waals surface area contributed by atoms with Gasteiger partial charge in [-0.05, 0) is 56.2 Å². The van der Waals surface area contributed by atoms with Crippen LogP contribution in [0.2, 0.25) is 0 Å². The van der Waals surface area contributed by atoms with E-state index in [0.717, 1.165) is 34.7 Å². The highest BCUT2D eigenvalue weighted by molar-refractivity contribution is 5.79. The molecule has 0 saturated carbocycles. The van der Waals surface area contributed by atoms with Gasteiger partial charge in [0.2, 0.25) is 0 Å². The lowest BCUT2D eigenvalue weighted by atomic mass is 10.1. The molecule has 3 rings (SSSR count). The van der Waals surface area contributed by atoms with Crippen molar-refractivity contribution in [1.82, 2.24) is 20.4 Å². The summed E-state index contributed by atoms with van der Waals surface area (Å²) in [5.74, 6) is 0.434. The van der Waals surface area contributed by atoms with Gasteiger partial charge in [0.15, 0.2) is 5.96 Å². The zero-order valence-corrected chi connectivity index (χ0v) is 18.6. The Hall–Kier alpha value is -3.19. The summed E-state index contributed by atoms with van der Waals surface area (Å²) in [6, 6.07) is 15.3. The van der Waals surface area contributed by atoms with E-state index in [0.29, 0.717) is 24.6 Å². The molecule has 31 heavy (non-hydrogen) atoms. The van der Waals surface area contributed by atoms with Crippen LogP contribution in [0.1, 0.15) is 35.0 Å². The lowest BCUT2D eigenvalue weighted by Gasteiger charge is -2.15. The predicted octanol–water partition coefficient (Wildman–Crippen LogP) is 4.03. The van der Waals surface area contributed by atoms with Crippen molar-refractivity contribution < 1.29 is 9.13 Å². The smallest absolute Gasteiger partial charge is 0.191 e. The lowest BCUT2D eigenvalue weighted by molar-refractivity contribution is 0.181. The monoisotopic (exact) mass is 423 g/mol. The first-order valence-corrected chi connectivity index (χ1v) is 10.4. The van der Waals surface area contributed by atoms with Crippen LogP contribution in [0.5, 0.6) is 0 Å². The molecule has 0 saturated heterocycles. The van der Waals surface area contributed by atoms with E-state index in [1.54, 1.807) is 19.2 Å². The summed E-state index contributed by atoms with van der Waals surface area (Å²) >= 11 is 0.